The van der Waals surface area contributed by atoms with E-state index >= 15 is 0 Å². The van der Waals surface area contributed by atoms with Gasteiger partial charge < -0.3 is 29.3 Å². The van der Waals surface area contributed by atoms with E-state index in [1.165, 1.54) is 57.7 Å². The number of benzene rings is 1. The lowest BCUT2D eigenvalue weighted by molar-refractivity contribution is -1.03. The third kappa shape index (κ3) is 4.88. The summed E-state index contributed by atoms with van der Waals surface area (Å²) in [5.74, 6) is 1.63. The summed E-state index contributed by atoms with van der Waals surface area (Å²) >= 11 is 0. The van der Waals surface area contributed by atoms with E-state index in [0.29, 0.717) is 6.61 Å². The number of piperidine rings is 1. The summed E-state index contributed by atoms with van der Waals surface area (Å²) in [5, 5.41) is 9.10. The number of quaternary nitrogens is 3. The highest BCUT2D eigenvalue weighted by Gasteiger charge is 2.33. The summed E-state index contributed by atoms with van der Waals surface area (Å²) in [6.07, 6.45) is 2.65. The van der Waals surface area contributed by atoms with Gasteiger partial charge in [-0.05, 0) is 18.2 Å². The molecule has 6 nitrogen and oxygen atoms in total. The van der Waals surface area contributed by atoms with E-state index < -0.39 is 0 Å². The van der Waals surface area contributed by atoms with Gasteiger partial charge in [0.05, 0.1) is 40.0 Å². The second-order valence-corrected chi connectivity index (χ2v) is 7.77. The Bertz CT molecular complexity index is 553. The summed E-state index contributed by atoms with van der Waals surface area (Å²) in [6, 6.07) is 7.12. The van der Waals surface area contributed by atoms with Crippen molar-refractivity contribution in [1.82, 2.24) is 0 Å². The van der Waals surface area contributed by atoms with Gasteiger partial charge >= 0.3 is 0 Å². The van der Waals surface area contributed by atoms with Crippen LogP contribution in [0.25, 0.3) is 0 Å². The van der Waals surface area contributed by atoms with Crippen LogP contribution in [-0.4, -0.2) is 77.8 Å². The third-order valence-corrected chi connectivity index (χ3v) is 6.24. The molecule has 6 heteroatoms. The van der Waals surface area contributed by atoms with Crippen LogP contribution in [0.15, 0.2) is 18.2 Å². The molecule has 1 aromatic rings. The lowest BCUT2D eigenvalue weighted by Gasteiger charge is -2.37. The standard InChI is InChI=1S/C20H33N3O3/c1-25-19-4-3-17(15-20(19)26-2)16-22-7-5-18(6-8-22)23-11-9-21(10-12-23)13-14-24/h3-4,15,18,24H,5-14,16H2,1-2H3/p+3. The normalized spacial score (nSPS) is 29.3. The van der Waals surface area contributed by atoms with Crippen LogP contribution < -0.4 is 24.2 Å². The van der Waals surface area contributed by atoms with Gasteiger partial charge in [0.1, 0.15) is 39.3 Å². The van der Waals surface area contributed by atoms with E-state index in [2.05, 4.69) is 12.1 Å². The number of hydrogen-bond donors (Lipinski definition) is 4. The van der Waals surface area contributed by atoms with Crippen LogP contribution in [0.1, 0.15) is 18.4 Å². The molecule has 0 unspecified atom stereocenters. The fourth-order valence-electron chi connectivity index (χ4n) is 4.63. The second kappa shape index (κ2) is 9.55. The Morgan fingerprint density at radius 3 is 2.23 bits per heavy atom. The van der Waals surface area contributed by atoms with E-state index in [-0.39, 0.29) is 0 Å². The van der Waals surface area contributed by atoms with Gasteiger partial charge in [-0.25, -0.2) is 0 Å². The van der Waals surface area contributed by atoms with Gasteiger partial charge in [-0.15, -0.1) is 0 Å². The van der Waals surface area contributed by atoms with Crippen molar-refractivity contribution >= 4 is 0 Å². The van der Waals surface area contributed by atoms with Crippen molar-refractivity contribution in [2.75, 3.05) is 66.6 Å². The minimum absolute atomic E-state index is 0.322. The van der Waals surface area contributed by atoms with Crippen molar-refractivity contribution in [2.24, 2.45) is 0 Å². The number of methoxy groups -OCH3 is 2. The third-order valence-electron chi connectivity index (χ3n) is 6.24. The zero-order valence-corrected chi connectivity index (χ0v) is 16.4. The molecule has 0 saturated carbocycles. The molecule has 26 heavy (non-hydrogen) atoms. The van der Waals surface area contributed by atoms with Crippen molar-refractivity contribution in [3.8, 4) is 11.5 Å². The van der Waals surface area contributed by atoms with Crippen LogP contribution in [0.3, 0.4) is 0 Å². The molecule has 3 rings (SSSR count). The number of piperazine rings is 1. The number of aliphatic hydroxyl groups is 1. The number of hydrogen-bond acceptors (Lipinski definition) is 3. The molecule has 2 aliphatic heterocycles. The van der Waals surface area contributed by atoms with E-state index in [1.54, 1.807) is 28.9 Å². The van der Waals surface area contributed by atoms with Crippen molar-refractivity contribution in [2.45, 2.75) is 25.4 Å². The first kappa shape index (κ1) is 19.4. The van der Waals surface area contributed by atoms with E-state index in [1.807, 2.05) is 6.07 Å². The van der Waals surface area contributed by atoms with Gasteiger partial charge in [0.15, 0.2) is 11.5 Å². The van der Waals surface area contributed by atoms with E-state index in [0.717, 1.165) is 30.6 Å². The Morgan fingerprint density at radius 1 is 0.923 bits per heavy atom. The maximum absolute atomic E-state index is 9.10. The quantitative estimate of drug-likeness (QED) is 0.417. The Labute approximate surface area is 157 Å². The maximum atomic E-state index is 9.10. The predicted molar refractivity (Wildman–Crippen MR) is 100 cm³/mol. The number of rotatable bonds is 7. The Balaban J connectivity index is 1.45. The molecule has 0 amide bonds. The highest BCUT2D eigenvalue weighted by molar-refractivity contribution is 5.42. The average molecular weight is 367 g/mol. The van der Waals surface area contributed by atoms with Crippen LogP contribution in [0, 0.1) is 0 Å². The Morgan fingerprint density at radius 2 is 1.62 bits per heavy atom. The van der Waals surface area contributed by atoms with Crippen molar-refractivity contribution < 1.29 is 29.3 Å². The fourth-order valence-corrected chi connectivity index (χ4v) is 4.63. The van der Waals surface area contributed by atoms with Gasteiger partial charge in [-0.1, -0.05) is 0 Å². The molecule has 0 radical (unpaired) electrons. The molecule has 2 saturated heterocycles. The number of aliphatic hydroxyl groups excluding tert-OH is 1. The highest BCUT2D eigenvalue weighted by Crippen LogP contribution is 2.27. The number of ether oxygens (including phenoxy) is 2. The summed E-state index contributed by atoms with van der Waals surface area (Å²) in [4.78, 5) is 5.06. The van der Waals surface area contributed by atoms with Crippen LogP contribution in [-0.2, 0) is 6.54 Å². The first-order chi connectivity index (χ1) is 12.7. The zero-order chi connectivity index (χ0) is 18.4. The molecule has 4 N–H and O–H groups in total. The number of nitrogens with one attached hydrogen (secondary N) is 3. The van der Waals surface area contributed by atoms with Crippen molar-refractivity contribution in [1.29, 1.82) is 0 Å². The lowest BCUT2D eigenvalue weighted by atomic mass is 10.0. The molecule has 2 heterocycles. The molecule has 0 spiro atoms. The summed E-state index contributed by atoms with van der Waals surface area (Å²) in [6.45, 7) is 9.80. The smallest absolute Gasteiger partial charge is 0.161 e. The average Bonchev–Trinajstić information content (AvgIpc) is 2.69. The molecular weight excluding hydrogens is 330 g/mol. The van der Waals surface area contributed by atoms with Gasteiger partial charge in [0.2, 0.25) is 0 Å². The molecule has 1 aromatic carbocycles. The van der Waals surface area contributed by atoms with Gasteiger partial charge in [0, 0.05) is 18.4 Å². The van der Waals surface area contributed by atoms with Crippen LogP contribution in [0.4, 0.5) is 0 Å². The minimum Gasteiger partial charge on any atom is -0.493 e. The molecule has 2 aliphatic rings. The molecule has 0 aliphatic carbocycles. The molecule has 0 aromatic heterocycles. The van der Waals surface area contributed by atoms with Crippen LogP contribution >= 0.6 is 0 Å². The monoisotopic (exact) mass is 366 g/mol. The highest BCUT2D eigenvalue weighted by atomic mass is 16.5. The first-order valence-corrected chi connectivity index (χ1v) is 10.1. The van der Waals surface area contributed by atoms with Crippen LogP contribution in [0.5, 0.6) is 11.5 Å². The zero-order valence-electron chi connectivity index (χ0n) is 16.4. The molecule has 2 fully saturated rings. The molecule has 0 atom stereocenters. The van der Waals surface area contributed by atoms with Gasteiger partial charge in [-0.3, -0.25) is 0 Å². The van der Waals surface area contributed by atoms with Crippen molar-refractivity contribution in [3.05, 3.63) is 23.8 Å². The summed E-state index contributed by atoms with van der Waals surface area (Å²) in [7, 11) is 3.38. The van der Waals surface area contributed by atoms with E-state index in [9.17, 15) is 0 Å². The lowest BCUT2D eigenvalue weighted by Crippen LogP contribution is -3.30. The van der Waals surface area contributed by atoms with Crippen molar-refractivity contribution in [3.63, 3.8) is 0 Å². The summed E-state index contributed by atoms with van der Waals surface area (Å²) in [5.41, 5.74) is 1.32. The second-order valence-electron chi connectivity index (χ2n) is 7.77. The van der Waals surface area contributed by atoms with Crippen LogP contribution in [0.2, 0.25) is 0 Å². The topological polar surface area (TPSA) is 52.0 Å². The van der Waals surface area contributed by atoms with E-state index in [4.69, 9.17) is 14.6 Å². The largest absolute Gasteiger partial charge is 0.493 e. The first-order valence-electron chi connectivity index (χ1n) is 10.1. The SMILES string of the molecule is COc1ccc(C[NH+]2CCC([NH+]3CC[NH+](CCO)CC3)CC2)cc1OC. The van der Waals surface area contributed by atoms with Gasteiger partial charge in [-0.2, -0.15) is 0 Å². The maximum Gasteiger partial charge on any atom is 0.161 e. The minimum atomic E-state index is 0.322. The van der Waals surface area contributed by atoms with Gasteiger partial charge in [0.25, 0.3) is 0 Å². The summed E-state index contributed by atoms with van der Waals surface area (Å²) < 4.78 is 10.8. The molecule has 0 bridgehead atoms. The fraction of sp³-hybridized carbons (Fsp3) is 0.700. The number of likely N-dealkylation sites (tertiary alicyclic amines) is 1. The predicted octanol–water partition coefficient (Wildman–Crippen LogP) is -2.97. The molecular formula is C20H36N3O3+3. The Kier molecular flexibility index (Phi) is 7.14. The Hall–Kier alpha value is -1.34. The molecule has 146 valence electrons.